The highest BCUT2D eigenvalue weighted by Gasteiger charge is 2.24. The highest BCUT2D eigenvalue weighted by molar-refractivity contribution is 8.00. The second-order valence-electron chi connectivity index (χ2n) is 4.85. The number of nitrogens with zero attached hydrogens (tertiary/aromatic N) is 4. The van der Waals surface area contributed by atoms with Crippen molar-refractivity contribution < 1.29 is 4.79 Å². The SMILES string of the molecule is Cn1nnnc1SC(C(=O)Nc1ccccc1)c1ccccc1. The molecule has 1 amide bonds. The maximum absolute atomic E-state index is 12.7. The van der Waals surface area contributed by atoms with Crippen molar-refractivity contribution in [3.05, 3.63) is 66.2 Å². The van der Waals surface area contributed by atoms with E-state index in [1.807, 2.05) is 60.7 Å². The molecule has 0 fully saturated rings. The van der Waals surface area contributed by atoms with Crippen LogP contribution >= 0.6 is 11.8 Å². The minimum atomic E-state index is -0.443. The van der Waals surface area contributed by atoms with Crippen LogP contribution in [0.5, 0.6) is 0 Å². The number of anilines is 1. The van der Waals surface area contributed by atoms with Gasteiger partial charge in [0.2, 0.25) is 11.1 Å². The zero-order chi connectivity index (χ0) is 16.1. The molecule has 0 saturated heterocycles. The lowest BCUT2D eigenvalue weighted by Gasteiger charge is -2.16. The number of hydrogen-bond acceptors (Lipinski definition) is 5. The Hall–Kier alpha value is -2.67. The number of tetrazole rings is 1. The predicted molar refractivity (Wildman–Crippen MR) is 88.9 cm³/mol. The third-order valence-corrected chi connectivity index (χ3v) is 4.46. The molecule has 0 radical (unpaired) electrons. The quantitative estimate of drug-likeness (QED) is 0.730. The molecule has 0 bridgehead atoms. The van der Waals surface area contributed by atoms with Crippen LogP contribution in [0.4, 0.5) is 5.69 Å². The minimum absolute atomic E-state index is 0.115. The molecule has 6 nitrogen and oxygen atoms in total. The van der Waals surface area contributed by atoms with Crippen molar-refractivity contribution >= 4 is 23.4 Å². The van der Waals surface area contributed by atoms with Gasteiger partial charge >= 0.3 is 0 Å². The molecule has 1 aromatic heterocycles. The highest BCUT2D eigenvalue weighted by Crippen LogP contribution is 2.34. The van der Waals surface area contributed by atoms with Crippen molar-refractivity contribution in [2.75, 3.05) is 5.32 Å². The third kappa shape index (κ3) is 3.75. The first kappa shape index (κ1) is 15.2. The number of carbonyl (C=O) groups is 1. The van der Waals surface area contributed by atoms with Crippen LogP contribution in [0, 0.1) is 0 Å². The Morgan fingerprint density at radius 3 is 2.35 bits per heavy atom. The van der Waals surface area contributed by atoms with Crippen LogP contribution in [0.15, 0.2) is 65.8 Å². The first-order valence-corrected chi connectivity index (χ1v) is 7.92. The maximum Gasteiger partial charge on any atom is 0.242 e. The number of aromatic nitrogens is 4. The van der Waals surface area contributed by atoms with Gasteiger partial charge in [0.15, 0.2) is 0 Å². The van der Waals surface area contributed by atoms with Gasteiger partial charge in [-0.15, -0.1) is 5.10 Å². The summed E-state index contributed by atoms with van der Waals surface area (Å²) in [5.41, 5.74) is 1.66. The van der Waals surface area contributed by atoms with Crippen molar-refractivity contribution in [1.82, 2.24) is 20.2 Å². The lowest BCUT2D eigenvalue weighted by molar-refractivity contribution is -0.115. The number of nitrogens with one attached hydrogen (secondary N) is 1. The Morgan fingerprint density at radius 2 is 1.74 bits per heavy atom. The second-order valence-corrected chi connectivity index (χ2v) is 5.92. The van der Waals surface area contributed by atoms with E-state index >= 15 is 0 Å². The van der Waals surface area contributed by atoms with Crippen LogP contribution in [0.3, 0.4) is 0 Å². The summed E-state index contributed by atoms with van der Waals surface area (Å²) in [5, 5.41) is 14.5. The van der Waals surface area contributed by atoms with E-state index in [-0.39, 0.29) is 5.91 Å². The van der Waals surface area contributed by atoms with Gasteiger partial charge in [0.1, 0.15) is 5.25 Å². The monoisotopic (exact) mass is 325 g/mol. The number of hydrogen-bond donors (Lipinski definition) is 1. The summed E-state index contributed by atoms with van der Waals surface area (Å²) in [6.45, 7) is 0. The normalized spacial score (nSPS) is 11.9. The lowest BCUT2D eigenvalue weighted by atomic mass is 10.1. The topological polar surface area (TPSA) is 72.7 Å². The molecule has 1 heterocycles. The van der Waals surface area contributed by atoms with Gasteiger partial charge in [0.05, 0.1) is 0 Å². The van der Waals surface area contributed by atoms with Gasteiger partial charge in [-0.2, -0.15) is 0 Å². The van der Waals surface area contributed by atoms with Gasteiger partial charge in [-0.1, -0.05) is 60.3 Å². The summed E-state index contributed by atoms with van der Waals surface area (Å²) in [4.78, 5) is 12.7. The van der Waals surface area contributed by atoms with Crippen LogP contribution in [0.25, 0.3) is 0 Å². The van der Waals surface area contributed by atoms with Crippen molar-refractivity contribution in [3.63, 3.8) is 0 Å². The average molecular weight is 325 g/mol. The molecule has 1 atom stereocenters. The van der Waals surface area contributed by atoms with Crippen molar-refractivity contribution in [1.29, 1.82) is 0 Å². The van der Waals surface area contributed by atoms with E-state index < -0.39 is 5.25 Å². The van der Waals surface area contributed by atoms with E-state index in [2.05, 4.69) is 20.8 Å². The lowest BCUT2D eigenvalue weighted by Crippen LogP contribution is -2.19. The van der Waals surface area contributed by atoms with Gasteiger partial charge < -0.3 is 5.32 Å². The number of para-hydroxylation sites is 1. The largest absolute Gasteiger partial charge is 0.325 e. The Morgan fingerprint density at radius 1 is 1.09 bits per heavy atom. The van der Waals surface area contributed by atoms with Gasteiger partial charge in [0.25, 0.3) is 0 Å². The number of amides is 1. The van der Waals surface area contributed by atoms with Crippen LogP contribution in [0.2, 0.25) is 0 Å². The summed E-state index contributed by atoms with van der Waals surface area (Å²) >= 11 is 1.32. The second kappa shape index (κ2) is 7.06. The molecule has 116 valence electrons. The van der Waals surface area contributed by atoms with E-state index in [4.69, 9.17) is 0 Å². The van der Waals surface area contributed by atoms with E-state index in [9.17, 15) is 4.79 Å². The molecule has 7 heteroatoms. The van der Waals surface area contributed by atoms with E-state index in [1.165, 1.54) is 11.8 Å². The summed E-state index contributed by atoms with van der Waals surface area (Å²) in [6.07, 6.45) is 0. The van der Waals surface area contributed by atoms with Crippen LogP contribution < -0.4 is 5.32 Å². The number of thioether (sulfide) groups is 1. The molecule has 3 aromatic rings. The average Bonchev–Trinajstić information content (AvgIpc) is 2.99. The molecule has 0 aliphatic heterocycles. The van der Waals surface area contributed by atoms with Gasteiger partial charge in [-0.3, -0.25) is 4.79 Å². The van der Waals surface area contributed by atoms with Crippen LogP contribution in [0.1, 0.15) is 10.8 Å². The first-order chi connectivity index (χ1) is 11.2. The molecule has 3 rings (SSSR count). The first-order valence-electron chi connectivity index (χ1n) is 7.04. The summed E-state index contributed by atoms with van der Waals surface area (Å²) in [7, 11) is 1.75. The van der Waals surface area contributed by atoms with Crippen molar-refractivity contribution in [2.45, 2.75) is 10.4 Å². The van der Waals surface area contributed by atoms with Crippen LogP contribution in [-0.2, 0) is 11.8 Å². The van der Waals surface area contributed by atoms with Crippen LogP contribution in [-0.4, -0.2) is 26.1 Å². The van der Waals surface area contributed by atoms with E-state index in [0.717, 1.165) is 11.3 Å². The van der Waals surface area contributed by atoms with E-state index in [0.29, 0.717) is 5.16 Å². The molecule has 0 aliphatic rings. The predicted octanol–water partition coefficient (Wildman–Crippen LogP) is 2.68. The Balaban J connectivity index is 1.86. The standard InChI is InChI=1S/C16H15N5OS/c1-21-16(18-19-20-21)23-14(12-8-4-2-5-9-12)15(22)17-13-10-6-3-7-11-13/h2-11,14H,1H3,(H,17,22). The molecule has 0 spiro atoms. The van der Waals surface area contributed by atoms with Gasteiger partial charge in [0, 0.05) is 12.7 Å². The number of aryl methyl sites for hydroxylation is 1. The summed E-state index contributed by atoms with van der Waals surface area (Å²) in [6, 6.07) is 19.0. The van der Waals surface area contributed by atoms with Crippen molar-refractivity contribution in [3.8, 4) is 0 Å². The molecular formula is C16H15N5OS. The zero-order valence-electron chi connectivity index (χ0n) is 12.5. The summed E-state index contributed by atoms with van der Waals surface area (Å²) < 4.78 is 1.55. The third-order valence-electron chi connectivity index (χ3n) is 3.19. The molecule has 2 aromatic carbocycles. The highest BCUT2D eigenvalue weighted by atomic mass is 32.2. The molecule has 0 saturated carbocycles. The fourth-order valence-corrected chi connectivity index (χ4v) is 3.00. The minimum Gasteiger partial charge on any atom is -0.325 e. The zero-order valence-corrected chi connectivity index (χ0v) is 13.3. The summed E-state index contributed by atoms with van der Waals surface area (Å²) in [5.74, 6) is -0.115. The Labute approximate surface area is 137 Å². The number of benzene rings is 2. The molecular weight excluding hydrogens is 310 g/mol. The molecule has 1 unspecified atom stereocenters. The van der Waals surface area contributed by atoms with Crippen molar-refractivity contribution in [2.24, 2.45) is 7.05 Å². The van der Waals surface area contributed by atoms with Gasteiger partial charge in [-0.05, 0) is 28.1 Å². The molecule has 23 heavy (non-hydrogen) atoms. The Kier molecular flexibility index (Phi) is 4.68. The maximum atomic E-state index is 12.7. The number of carbonyl (C=O) groups excluding carboxylic acids is 1. The smallest absolute Gasteiger partial charge is 0.242 e. The molecule has 1 N–H and O–H groups in total. The fourth-order valence-electron chi connectivity index (χ4n) is 2.06. The fraction of sp³-hybridized carbons (Fsp3) is 0.125. The van der Waals surface area contributed by atoms with E-state index in [1.54, 1.807) is 11.7 Å². The number of rotatable bonds is 5. The van der Waals surface area contributed by atoms with Gasteiger partial charge in [-0.25, -0.2) is 4.68 Å². The Bertz CT molecular complexity index is 775. The molecule has 0 aliphatic carbocycles.